The van der Waals surface area contributed by atoms with Crippen LogP contribution in [0.3, 0.4) is 0 Å². The normalized spacial score (nSPS) is 11.6. The van der Waals surface area contributed by atoms with Gasteiger partial charge in [0.15, 0.2) is 5.82 Å². The fourth-order valence-electron chi connectivity index (χ4n) is 4.34. The average Bonchev–Trinajstić information content (AvgIpc) is 3.26. The third-order valence-corrected chi connectivity index (χ3v) is 6.28. The largest absolute Gasteiger partial charge is 0.573 e. The van der Waals surface area contributed by atoms with Crippen molar-refractivity contribution in [3.63, 3.8) is 0 Å². The summed E-state index contributed by atoms with van der Waals surface area (Å²) in [6, 6.07) is 14.5. The summed E-state index contributed by atoms with van der Waals surface area (Å²) >= 11 is 0. The van der Waals surface area contributed by atoms with Crippen LogP contribution in [0.2, 0.25) is 0 Å². The maximum Gasteiger partial charge on any atom is 0.573 e. The van der Waals surface area contributed by atoms with Gasteiger partial charge in [0, 0.05) is 13.1 Å². The number of nitrogens with zero attached hydrogens (tertiary/aromatic N) is 5. The number of nitrogen functional groups attached to an aromatic ring is 1. The fourth-order valence-corrected chi connectivity index (χ4v) is 4.34. The van der Waals surface area contributed by atoms with Crippen LogP contribution < -0.4 is 27.2 Å². The zero-order chi connectivity index (χ0) is 30.0. The summed E-state index contributed by atoms with van der Waals surface area (Å²) in [5, 5.41) is 2.92. The van der Waals surface area contributed by atoms with E-state index >= 15 is 0 Å². The Kier molecular flexibility index (Phi) is 7.65. The van der Waals surface area contributed by atoms with E-state index in [0.29, 0.717) is 16.6 Å². The summed E-state index contributed by atoms with van der Waals surface area (Å²) in [5.41, 5.74) is 5.71. The van der Waals surface area contributed by atoms with E-state index in [1.165, 1.54) is 48.5 Å². The molecule has 0 aliphatic rings. The summed E-state index contributed by atoms with van der Waals surface area (Å²) in [4.78, 5) is 34.5. The maximum absolute atomic E-state index is 14.1. The standard InChI is InChI=1S/C27H22F5N7O3/c28-18-8-4-16(5-9-18)15-39-25(40)36-24(34-12-13-37-21-3-1-2-20(29)22(21)35-23(37)33)38(26(39)41)14-17-6-10-19(11-7-17)42-27(30,31)32/h1-11H,12-15H2,(H2,33,35)(H,34,36,40). The third kappa shape index (κ3) is 6.24. The Balaban J connectivity index is 1.45. The van der Waals surface area contributed by atoms with Crippen molar-refractivity contribution in [3.05, 3.63) is 110 Å². The molecular formula is C27H22F5N7O3. The van der Waals surface area contributed by atoms with E-state index in [0.717, 1.165) is 21.3 Å². The van der Waals surface area contributed by atoms with Crippen LogP contribution in [0.4, 0.5) is 33.8 Å². The zero-order valence-corrected chi connectivity index (χ0v) is 21.6. The Morgan fingerprint density at radius 2 is 1.48 bits per heavy atom. The highest BCUT2D eigenvalue weighted by atomic mass is 19.4. The summed E-state index contributed by atoms with van der Waals surface area (Å²) in [6.45, 7) is -0.138. The number of rotatable bonds is 9. The number of alkyl halides is 3. The number of nitrogens with two attached hydrogens (primary N) is 1. The highest BCUT2D eigenvalue weighted by Crippen LogP contribution is 2.23. The van der Waals surface area contributed by atoms with Crippen molar-refractivity contribution in [2.75, 3.05) is 17.6 Å². The SMILES string of the molecule is Nc1nc2c(F)cccc2n1CCNc1nc(=O)n(Cc2ccc(F)cc2)c(=O)n1Cc1ccc(OC(F)(F)F)cc1. The number of ether oxygens (including phenoxy) is 1. The van der Waals surface area contributed by atoms with Gasteiger partial charge in [-0.05, 0) is 47.5 Å². The third-order valence-electron chi connectivity index (χ3n) is 6.28. The molecule has 0 unspecified atom stereocenters. The van der Waals surface area contributed by atoms with Gasteiger partial charge >= 0.3 is 17.7 Å². The highest BCUT2D eigenvalue weighted by Gasteiger charge is 2.31. The molecule has 0 saturated carbocycles. The Bertz CT molecular complexity index is 1850. The minimum absolute atomic E-state index is 0.0538. The van der Waals surface area contributed by atoms with Gasteiger partial charge in [-0.2, -0.15) is 4.98 Å². The summed E-state index contributed by atoms with van der Waals surface area (Å²) in [5.74, 6) is -1.55. The molecule has 0 radical (unpaired) electrons. The van der Waals surface area contributed by atoms with Crippen LogP contribution in [-0.4, -0.2) is 36.6 Å². The number of imidazole rings is 1. The van der Waals surface area contributed by atoms with Crippen LogP contribution >= 0.6 is 0 Å². The molecule has 0 saturated heterocycles. The van der Waals surface area contributed by atoms with Crippen LogP contribution in [0.25, 0.3) is 11.0 Å². The average molecular weight is 588 g/mol. The van der Waals surface area contributed by atoms with Crippen LogP contribution in [0, 0.1) is 11.6 Å². The topological polar surface area (TPSA) is 122 Å². The second-order valence-corrected chi connectivity index (χ2v) is 9.15. The first-order chi connectivity index (χ1) is 20.0. The van der Waals surface area contributed by atoms with E-state index in [-0.39, 0.29) is 43.6 Å². The molecule has 0 spiro atoms. The summed E-state index contributed by atoms with van der Waals surface area (Å²) in [7, 11) is 0. The Morgan fingerprint density at radius 3 is 2.14 bits per heavy atom. The molecule has 5 rings (SSSR count). The van der Waals surface area contributed by atoms with Gasteiger partial charge in [-0.25, -0.2) is 27.9 Å². The number of aromatic nitrogens is 5. The number of para-hydroxylation sites is 1. The molecule has 0 aliphatic carbocycles. The van der Waals surface area contributed by atoms with Crippen LogP contribution in [-0.2, 0) is 19.6 Å². The van der Waals surface area contributed by atoms with Crippen molar-refractivity contribution >= 4 is 22.9 Å². The first-order valence-corrected chi connectivity index (χ1v) is 12.4. The van der Waals surface area contributed by atoms with Crippen LogP contribution in [0.5, 0.6) is 5.75 Å². The Morgan fingerprint density at radius 1 is 0.833 bits per heavy atom. The number of benzene rings is 3. The lowest BCUT2D eigenvalue weighted by atomic mass is 10.2. The van der Waals surface area contributed by atoms with Crippen molar-refractivity contribution in [1.29, 1.82) is 0 Å². The van der Waals surface area contributed by atoms with Gasteiger partial charge < -0.3 is 20.4 Å². The molecule has 3 N–H and O–H groups in total. The van der Waals surface area contributed by atoms with Crippen molar-refractivity contribution in [2.24, 2.45) is 0 Å². The van der Waals surface area contributed by atoms with Gasteiger partial charge in [0.2, 0.25) is 11.9 Å². The summed E-state index contributed by atoms with van der Waals surface area (Å²) < 4.78 is 72.6. The minimum Gasteiger partial charge on any atom is -0.406 e. The molecule has 0 atom stereocenters. The quantitative estimate of drug-likeness (QED) is 0.252. The molecule has 42 heavy (non-hydrogen) atoms. The number of hydrogen-bond donors (Lipinski definition) is 2. The second kappa shape index (κ2) is 11.3. The first kappa shape index (κ1) is 28.3. The molecule has 0 fully saturated rings. The van der Waals surface area contributed by atoms with Crippen LogP contribution in [0.15, 0.2) is 76.3 Å². The van der Waals surface area contributed by atoms with Crippen molar-refractivity contribution < 1.29 is 26.7 Å². The van der Waals surface area contributed by atoms with E-state index in [1.807, 2.05) is 0 Å². The molecule has 218 valence electrons. The number of fused-ring (bicyclic) bond motifs is 1. The maximum atomic E-state index is 14.1. The number of nitrogens with one attached hydrogen (secondary N) is 1. The zero-order valence-electron chi connectivity index (χ0n) is 21.6. The highest BCUT2D eigenvalue weighted by molar-refractivity contribution is 5.78. The molecule has 15 heteroatoms. The molecule has 0 bridgehead atoms. The lowest BCUT2D eigenvalue weighted by Crippen LogP contribution is -2.43. The molecular weight excluding hydrogens is 565 g/mol. The van der Waals surface area contributed by atoms with E-state index < -0.39 is 35.1 Å². The molecule has 3 aromatic carbocycles. The fraction of sp³-hybridized carbons (Fsp3) is 0.185. The second-order valence-electron chi connectivity index (χ2n) is 9.15. The van der Waals surface area contributed by atoms with E-state index in [4.69, 9.17) is 5.73 Å². The Hall–Kier alpha value is -5.21. The van der Waals surface area contributed by atoms with Gasteiger partial charge in [0.05, 0.1) is 18.6 Å². The predicted molar refractivity (Wildman–Crippen MR) is 143 cm³/mol. The van der Waals surface area contributed by atoms with Crippen LogP contribution in [0.1, 0.15) is 11.1 Å². The molecule has 2 heterocycles. The Labute approximate surface area is 233 Å². The smallest absolute Gasteiger partial charge is 0.406 e. The molecule has 2 aromatic heterocycles. The van der Waals surface area contributed by atoms with Crippen molar-refractivity contribution in [3.8, 4) is 5.75 Å². The number of anilines is 2. The molecule has 0 amide bonds. The van der Waals surface area contributed by atoms with Gasteiger partial charge in [0.25, 0.3) is 0 Å². The van der Waals surface area contributed by atoms with Gasteiger partial charge in [-0.3, -0.25) is 4.57 Å². The lowest BCUT2D eigenvalue weighted by Gasteiger charge is -2.16. The molecule has 10 nitrogen and oxygen atoms in total. The van der Waals surface area contributed by atoms with E-state index in [1.54, 1.807) is 10.6 Å². The number of halogens is 5. The minimum atomic E-state index is -4.87. The van der Waals surface area contributed by atoms with E-state index in [2.05, 4.69) is 20.0 Å². The van der Waals surface area contributed by atoms with Gasteiger partial charge in [-0.1, -0.05) is 30.3 Å². The monoisotopic (exact) mass is 587 g/mol. The van der Waals surface area contributed by atoms with Gasteiger partial charge in [-0.15, -0.1) is 13.2 Å². The first-order valence-electron chi connectivity index (χ1n) is 12.4. The molecule has 0 aliphatic heterocycles. The van der Waals surface area contributed by atoms with Crippen molar-refractivity contribution in [1.82, 2.24) is 23.7 Å². The predicted octanol–water partition coefficient (Wildman–Crippen LogP) is 3.72. The number of hydrogen-bond acceptors (Lipinski definition) is 7. The van der Waals surface area contributed by atoms with Crippen molar-refractivity contribution in [2.45, 2.75) is 26.0 Å². The molecule has 5 aromatic rings. The lowest BCUT2D eigenvalue weighted by molar-refractivity contribution is -0.274. The van der Waals surface area contributed by atoms with Gasteiger partial charge in [0.1, 0.15) is 17.1 Å². The summed E-state index contributed by atoms with van der Waals surface area (Å²) in [6.07, 6.45) is -4.87. The van der Waals surface area contributed by atoms with E-state index in [9.17, 15) is 31.5 Å².